The minimum absolute atomic E-state index is 0.155. The van der Waals surface area contributed by atoms with E-state index in [1.807, 2.05) is 12.1 Å². The van der Waals surface area contributed by atoms with Gasteiger partial charge in [0.1, 0.15) is 5.76 Å². The Kier molecular flexibility index (Phi) is 4.83. The zero-order chi connectivity index (χ0) is 11.3. The summed E-state index contributed by atoms with van der Waals surface area (Å²) in [5.41, 5.74) is -0.181. The topological polar surface area (TPSA) is 45.4 Å². The van der Waals surface area contributed by atoms with E-state index in [1.165, 1.54) is 0 Å². The molecule has 3 nitrogen and oxygen atoms in total. The molecule has 4 heteroatoms. The Bertz CT molecular complexity index is 286. The molecule has 86 valence electrons. The van der Waals surface area contributed by atoms with E-state index in [2.05, 4.69) is 35.1 Å². The van der Waals surface area contributed by atoms with Crippen LogP contribution >= 0.6 is 15.9 Å². The highest BCUT2D eigenvalue weighted by atomic mass is 79.9. The fourth-order valence-electron chi connectivity index (χ4n) is 1.50. The van der Waals surface area contributed by atoms with E-state index in [1.54, 1.807) is 0 Å². The molecular weight excluding hydrogens is 258 g/mol. The first-order valence-electron chi connectivity index (χ1n) is 5.26. The quantitative estimate of drug-likeness (QED) is 0.839. The molecule has 0 aliphatic carbocycles. The van der Waals surface area contributed by atoms with E-state index >= 15 is 0 Å². The molecule has 1 aromatic heterocycles. The molecule has 1 heterocycles. The number of hydrogen-bond donors (Lipinski definition) is 2. The van der Waals surface area contributed by atoms with Crippen molar-refractivity contribution in [3.05, 3.63) is 22.6 Å². The third-order valence-corrected chi connectivity index (χ3v) is 3.35. The first-order valence-corrected chi connectivity index (χ1v) is 6.05. The van der Waals surface area contributed by atoms with Gasteiger partial charge in [-0.2, -0.15) is 0 Å². The maximum absolute atomic E-state index is 9.36. The van der Waals surface area contributed by atoms with E-state index in [0.29, 0.717) is 6.54 Å². The molecule has 2 N–H and O–H groups in total. The van der Waals surface area contributed by atoms with Crippen molar-refractivity contribution in [3.8, 4) is 0 Å². The van der Waals surface area contributed by atoms with Gasteiger partial charge in [-0.1, -0.05) is 13.8 Å². The van der Waals surface area contributed by atoms with Crippen LogP contribution in [0.2, 0.25) is 0 Å². The van der Waals surface area contributed by atoms with Gasteiger partial charge >= 0.3 is 0 Å². The predicted molar refractivity (Wildman–Crippen MR) is 63.6 cm³/mol. The van der Waals surface area contributed by atoms with E-state index < -0.39 is 0 Å². The molecule has 0 radical (unpaired) electrons. The van der Waals surface area contributed by atoms with Gasteiger partial charge in [0.25, 0.3) is 0 Å². The van der Waals surface area contributed by atoms with Crippen molar-refractivity contribution in [2.45, 2.75) is 38.8 Å². The highest BCUT2D eigenvalue weighted by Crippen LogP contribution is 2.18. The molecule has 0 amide bonds. The van der Waals surface area contributed by atoms with Crippen LogP contribution in [0, 0.1) is 0 Å². The fourth-order valence-corrected chi connectivity index (χ4v) is 1.84. The zero-order valence-corrected chi connectivity index (χ0v) is 10.8. The van der Waals surface area contributed by atoms with Crippen molar-refractivity contribution in [1.29, 1.82) is 0 Å². The summed E-state index contributed by atoms with van der Waals surface area (Å²) < 4.78 is 6.12. The average Bonchev–Trinajstić information content (AvgIpc) is 2.67. The van der Waals surface area contributed by atoms with Crippen LogP contribution in [-0.4, -0.2) is 17.3 Å². The number of nitrogens with one attached hydrogen (secondary N) is 1. The first-order chi connectivity index (χ1) is 7.15. The fraction of sp³-hybridized carbons (Fsp3) is 0.636. The van der Waals surface area contributed by atoms with Crippen molar-refractivity contribution < 1.29 is 9.52 Å². The summed E-state index contributed by atoms with van der Waals surface area (Å²) in [6, 6.07) is 3.79. The molecule has 0 bridgehead atoms. The Labute approximate surface area is 99.0 Å². The van der Waals surface area contributed by atoms with Gasteiger partial charge in [0.15, 0.2) is 4.67 Å². The molecule has 0 aromatic carbocycles. The Morgan fingerprint density at radius 2 is 2.07 bits per heavy atom. The summed E-state index contributed by atoms with van der Waals surface area (Å²) in [7, 11) is 0. The molecule has 0 aliphatic rings. The van der Waals surface area contributed by atoms with Gasteiger partial charge in [0.2, 0.25) is 0 Å². The summed E-state index contributed by atoms with van der Waals surface area (Å²) in [6.07, 6.45) is 1.81. The van der Waals surface area contributed by atoms with E-state index in [-0.39, 0.29) is 12.1 Å². The third kappa shape index (κ3) is 3.33. The van der Waals surface area contributed by atoms with Crippen molar-refractivity contribution in [3.63, 3.8) is 0 Å². The summed E-state index contributed by atoms with van der Waals surface area (Å²) >= 11 is 3.26. The highest BCUT2D eigenvalue weighted by Gasteiger charge is 2.24. The van der Waals surface area contributed by atoms with Crippen LogP contribution in [-0.2, 0) is 6.54 Å². The minimum Gasteiger partial charge on any atom is -0.453 e. The van der Waals surface area contributed by atoms with E-state index in [4.69, 9.17) is 4.42 Å². The average molecular weight is 276 g/mol. The van der Waals surface area contributed by atoms with Gasteiger partial charge in [-0.3, -0.25) is 0 Å². The number of aliphatic hydroxyl groups excluding tert-OH is 1. The maximum atomic E-state index is 9.36. The van der Waals surface area contributed by atoms with Crippen LogP contribution < -0.4 is 5.32 Å². The van der Waals surface area contributed by atoms with Crippen molar-refractivity contribution in [2.75, 3.05) is 6.61 Å². The van der Waals surface area contributed by atoms with Crippen LogP contribution in [0.5, 0.6) is 0 Å². The molecule has 1 rings (SSSR count). The van der Waals surface area contributed by atoms with Crippen LogP contribution in [0.3, 0.4) is 0 Å². The van der Waals surface area contributed by atoms with Gasteiger partial charge < -0.3 is 14.8 Å². The molecule has 15 heavy (non-hydrogen) atoms. The third-order valence-electron chi connectivity index (χ3n) is 2.92. The number of furan rings is 1. The summed E-state index contributed by atoms with van der Waals surface area (Å²) in [4.78, 5) is 0. The molecule has 0 saturated carbocycles. The number of halogens is 1. The normalized spacial score (nSPS) is 12.0. The Morgan fingerprint density at radius 1 is 1.40 bits per heavy atom. The van der Waals surface area contributed by atoms with Crippen LogP contribution in [0.15, 0.2) is 21.2 Å². The lowest BCUT2D eigenvalue weighted by atomic mass is 9.94. The number of hydrogen-bond acceptors (Lipinski definition) is 3. The van der Waals surface area contributed by atoms with Gasteiger partial charge in [0.05, 0.1) is 13.2 Å². The van der Waals surface area contributed by atoms with Gasteiger partial charge in [0, 0.05) is 5.54 Å². The minimum atomic E-state index is -0.181. The van der Waals surface area contributed by atoms with Crippen LogP contribution in [0.25, 0.3) is 0 Å². The van der Waals surface area contributed by atoms with Gasteiger partial charge in [-0.15, -0.1) is 0 Å². The highest BCUT2D eigenvalue weighted by molar-refractivity contribution is 9.10. The Morgan fingerprint density at radius 3 is 2.47 bits per heavy atom. The van der Waals surface area contributed by atoms with Crippen molar-refractivity contribution >= 4 is 15.9 Å². The lowest BCUT2D eigenvalue weighted by Gasteiger charge is -2.30. The van der Waals surface area contributed by atoms with Crippen molar-refractivity contribution in [2.24, 2.45) is 0 Å². The largest absolute Gasteiger partial charge is 0.453 e. The molecule has 1 aromatic rings. The lowest BCUT2D eigenvalue weighted by molar-refractivity contribution is 0.147. The Balaban J connectivity index is 2.54. The van der Waals surface area contributed by atoms with Crippen LogP contribution in [0.1, 0.15) is 32.4 Å². The summed E-state index contributed by atoms with van der Waals surface area (Å²) in [5.74, 6) is 0.876. The lowest BCUT2D eigenvalue weighted by Crippen LogP contribution is -2.46. The molecule has 0 atom stereocenters. The Hall–Kier alpha value is -0.320. The molecule has 0 fully saturated rings. The predicted octanol–water partition coefficient (Wildman–Crippen LogP) is 2.68. The standard InChI is InChI=1S/C11H18BrNO2/c1-3-11(4-2,8-14)13-7-9-5-6-10(12)15-9/h5-6,13-14H,3-4,7-8H2,1-2H3. The summed E-state index contributed by atoms with van der Waals surface area (Å²) in [5, 5.41) is 12.7. The van der Waals surface area contributed by atoms with Crippen LogP contribution in [0.4, 0.5) is 0 Å². The molecule has 0 aliphatic heterocycles. The maximum Gasteiger partial charge on any atom is 0.169 e. The number of aliphatic hydroxyl groups is 1. The first kappa shape index (κ1) is 12.7. The number of rotatable bonds is 6. The zero-order valence-electron chi connectivity index (χ0n) is 9.22. The van der Waals surface area contributed by atoms with Gasteiger partial charge in [-0.25, -0.2) is 0 Å². The molecule has 0 saturated heterocycles. The second-order valence-corrected chi connectivity index (χ2v) is 4.49. The van der Waals surface area contributed by atoms with Gasteiger partial charge in [-0.05, 0) is 40.9 Å². The SMILES string of the molecule is CCC(CC)(CO)NCc1ccc(Br)o1. The molecular formula is C11H18BrNO2. The summed E-state index contributed by atoms with van der Waals surface area (Å²) in [6.45, 7) is 4.95. The second kappa shape index (κ2) is 5.68. The van der Waals surface area contributed by atoms with E-state index in [0.717, 1.165) is 23.3 Å². The smallest absolute Gasteiger partial charge is 0.169 e. The monoisotopic (exact) mass is 275 g/mol. The van der Waals surface area contributed by atoms with E-state index in [9.17, 15) is 5.11 Å². The van der Waals surface area contributed by atoms with Crippen molar-refractivity contribution in [1.82, 2.24) is 5.32 Å². The molecule has 0 spiro atoms. The molecule has 0 unspecified atom stereocenters. The second-order valence-electron chi connectivity index (χ2n) is 3.70.